The lowest BCUT2D eigenvalue weighted by Gasteiger charge is -2.32. The fourth-order valence-electron chi connectivity index (χ4n) is 3.06. The molecule has 0 bridgehead atoms. The van der Waals surface area contributed by atoms with Gasteiger partial charge in [0.1, 0.15) is 0 Å². The predicted octanol–water partition coefficient (Wildman–Crippen LogP) is 4.23. The summed E-state index contributed by atoms with van der Waals surface area (Å²) in [4.78, 5) is 0. The third-order valence-electron chi connectivity index (χ3n) is 4.36. The summed E-state index contributed by atoms with van der Waals surface area (Å²) in [5.41, 5.74) is 0. The second kappa shape index (κ2) is 7.32. The van der Waals surface area contributed by atoms with Crippen LogP contribution in [-0.2, 0) is 0 Å². The highest BCUT2D eigenvalue weighted by Crippen LogP contribution is 2.36. The first-order chi connectivity index (χ1) is 7.63. The van der Waals surface area contributed by atoms with Gasteiger partial charge in [0.25, 0.3) is 0 Å². The smallest absolute Gasteiger partial charge is 0.00103 e. The first kappa shape index (κ1) is 14.0. The number of nitrogens with one attached hydrogen (secondary N) is 1. The normalized spacial score (nSPS) is 28.3. The molecule has 3 unspecified atom stereocenters. The zero-order chi connectivity index (χ0) is 12.0. The van der Waals surface area contributed by atoms with E-state index in [2.05, 4.69) is 33.0 Å². The van der Waals surface area contributed by atoms with Gasteiger partial charge >= 0.3 is 0 Å². The fraction of sp³-hybridized carbons (Fsp3) is 1.00. The molecule has 16 heavy (non-hydrogen) atoms. The molecule has 1 aliphatic rings. The minimum absolute atomic E-state index is 0.641. The van der Waals surface area contributed by atoms with Gasteiger partial charge in [-0.2, -0.15) is 0 Å². The minimum atomic E-state index is 0.641. The summed E-state index contributed by atoms with van der Waals surface area (Å²) in [6.45, 7) is 10.5. The molecule has 1 N–H and O–H groups in total. The highest BCUT2D eigenvalue weighted by atomic mass is 14.9. The molecule has 0 spiro atoms. The molecule has 0 amide bonds. The maximum atomic E-state index is 3.54. The van der Waals surface area contributed by atoms with Gasteiger partial charge in [-0.15, -0.1) is 0 Å². The quantitative estimate of drug-likeness (QED) is 0.713. The third kappa shape index (κ3) is 4.86. The molecule has 96 valence electrons. The molecule has 1 aliphatic carbocycles. The van der Waals surface area contributed by atoms with Crippen LogP contribution in [0.4, 0.5) is 0 Å². The van der Waals surface area contributed by atoms with Crippen molar-refractivity contribution in [3.05, 3.63) is 0 Å². The van der Waals surface area contributed by atoms with Gasteiger partial charge in [-0.05, 0) is 37.1 Å². The molecule has 1 nitrogen and oxygen atoms in total. The molecule has 0 heterocycles. The molecule has 0 saturated heterocycles. The van der Waals surface area contributed by atoms with E-state index in [1.165, 1.54) is 45.1 Å². The molecule has 0 aromatic rings. The standard InChI is InChI=1S/C15H31N/c1-5-14-7-6-8-15(11-14)13(4)9-10-16-12(2)3/h12-16H,5-11H2,1-4H3. The molecular weight excluding hydrogens is 194 g/mol. The van der Waals surface area contributed by atoms with E-state index >= 15 is 0 Å². The van der Waals surface area contributed by atoms with Crippen LogP contribution in [0.1, 0.15) is 66.2 Å². The second-order valence-electron chi connectivity index (χ2n) is 6.08. The van der Waals surface area contributed by atoms with Gasteiger partial charge in [0.2, 0.25) is 0 Å². The highest BCUT2D eigenvalue weighted by Gasteiger charge is 2.24. The van der Waals surface area contributed by atoms with E-state index in [1.807, 2.05) is 0 Å². The van der Waals surface area contributed by atoms with E-state index in [-0.39, 0.29) is 0 Å². The Morgan fingerprint density at radius 1 is 1.19 bits per heavy atom. The average molecular weight is 225 g/mol. The topological polar surface area (TPSA) is 12.0 Å². The Balaban J connectivity index is 2.21. The Hall–Kier alpha value is -0.0400. The van der Waals surface area contributed by atoms with Crippen LogP contribution < -0.4 is 5.32 Å². The van der Waals surface area contributed by atoms with E-state index in [0.717, 1.165) is 17.8 Å². The van der Waals surface area contributed by atoms with Crippen molar-refractivity contribution in [3.63, 3.8) is 0 Å². The van der Waals surface area contributed by atoms with Crippen molar-refractivity contribution >= 4 is 0 Å². The van der Waals surface area contributed by atoms with E-state index in [4.69, 9.17) is 0 Å². The molecular formula is C15H31N. The van der Waals surface area contributed by atoms with Gasteiger partial charge in [-0.1, -0.05) is 53.4 Å². The van der Waals surface area contributed by atoms with Crippen molar-refractivity contribution in [2.75, 3.05) is 6.54 Å². The van der Waals surface area contributed by atoms with Crippen molar-refractivity contribution in [2.24, 2.45) is 17.8 Å². The van der Waals surface area contributed by atoms with Gasteiger partial charge in [0, 0.05) is 6.04 Å². The fourth-order valence-corrected chi connectivity index (χ4v) is 3.06. The summed E-state index contributed by atoms with van der Waals surface area (Å²) in [5, 5.41) is 3.54. The number of rotatable bonds is 6. The van der Waals surface area contributed by atoms with Crippen LogP contribution >= 0.6 is 0 Å². The SMILES string of the molecule is CCC1CCCC(C(C)CCNC(C)C)C1. The van der Waals surface area contributed by atoms with Crippen molar-refractivity contribution in [2.45, 2.75) is 72.3 Å². The zero-order valence-electron chi connectivity index (χ0n) is 11.8. The van der Waals surface area contributed by atoms with Gasteiger partial charge in [-0.25, -0.2) is 0 Å². The third-order valence-corrected chi connectivity index (χ3v) is 4.36. The van der Waals surface area contributed by atoms with Gasteiger partial charge in [0.15, 0.2) is 0 Å². The molecule has 0 aliphatic heterocycles. The maximum Gasteiger partial charge on any atom is 0.00103 e. The average Bonchev–Trinajstić information content (AvgIpc) is 2.28. The van der Waals surface area contributed by atoms with Crippen LogP contribution in [-0.4, -0.2) is 12.6 Å². The van der Waals surface area contributed by atoms with Crippen LogP contribution in [0.5, 0.6) is 0 Å². The molecule has 3 atom stereocenters. The Morgan fingerprint density at radius 3 is 2.56 bits per heavy atom. The first-order valence-electron chi connectivity index (χ1n) is 7.36. The minimum Gasteiger partial charge on any atom is -0.315 e. The van der Waals surface area contributed by atoms with E-state index in [0.29, 0.717) is 6.04 Å². The predicted molar refractivity (Wildman–Crippen MR) is 72.7 cm³/mol. The second-order valence-corrected chi connectivity index (χ2v) is 6.08. The van der Waals surface area contributed by atoms with Crippen molar-refractivity contribution < 1.29 is 0 Å². The maximum absolute atomic E-state index is 3.54. The lowest BCUT2D eigenvalue weighted by molar-refractivity contribution is 0.193. The van der Waals surface area contributed by atoms with Crippen LogP contribution in [0.15, 0.2) is 0 Å². The monoisotopic (exact) mass is 225 g/mol. The molecule has 0 radical (unpaired) electrons. The molecule has 0 aromatic carbocycles. The Bertz CT molecular complexity index is 176. The van der Waals surface area contributed by atoms with Crippen LogP contribution in [0.25, 0.3) is 0 Å². The summed E-state index contributed by atoms with van der Waals surface area (Å²) < 4.78 is 0. The largest absolute Gasteiger partial charge is 0.315 e. The number of hydrogen-bond donors (Lipinski definition) is 1. The molecule has 1 saturated carbocycles. The summed E-state index contributed by atoms with van der Waals surface area (Å²) in [5.74, 6) is 2.95. The number of hydrogen-bond acceptors (Lipinski definition) is 1. The van der Waals surface area contributed by atoms with Crippen LogP contribution in [0, 0.1) is 17.8 Å². The molecule has 1 heteroatoms. The Labute approximate surface area is 102 Å². The zero-order valence-corrected chi connectivity index (χ0v) is 11.8. The summed E-state index contributed by atoms with van der Waals surface area (Å²) in [7, 11) is 0. The first-order valence-corrected chi connectivity index (χ1v) is 7.36. The molecule has 0 aromatic heterocycles. The Kier molecular flexibility index (Phi) is 6.41. The molecule has 1 fully saturated rings. The van der Waals surface area contributed by atoms with Gasteiger partial charge < -0.3 is 5.32 Å². The summed E-state index contributed by atoms with van der Waals surface area (Å²) in [6, 6.07) is 0.641. The van der Waals surface area contributed by atoms with Crippen LogP contribution in [0.3, 0.4) is 0 Å². The summed E-state index contributed by atoms with van der Waals surface area (Å²) in [6.07, 6.45) is 8.71. The highest BCUT2D eigenvalue weighted by molar-refractivity contribution is 4.76. The van der Waals surface area contributed by atoms with Gasteiger partial charge in [0.05, 0.1) is 0 Å². The van der Waals surface area contributed by atoms with Crippen molar-refractivity contribution in [1.82, 2.24) is 5.32 Å². The summed E-state index contributed by atoms with van der Waals surface area (Å²) >= 11 is 0. The lowest BCUT2D eigenvalue weighted by Crippen LogP contribution is -2.28. The van der Waals surface area contributed by atoms with E-state index in [9.17, 15) is 0 Å². The van der Waals surface area contributed by atoms with Crippen molar-refractivity contribution in [3.8, 4) is 0 Å². The van der Waals surface area contributed by atoms with Crippen LogP contribution in [0.2, 0.25) is 0 Å². The van der Waals surface area contributed by atoms with Gasteiger partial charge in [-0.3, -0.25) is 0 Å². The van der Waals surface area contributed by atoms with E-state index < -0.39 is 0 Å². The van der Waals surface area contributed by atoms with E-state index in [1.54, 1.807) is 0 Å². The Morgan fingerprint density at radius 2 is 1.94 bits per heavy atom. The molecule has 1 rings (SSSR count). The van der Waals surface area contributed by atoms with Crippen molar-refractivity contribution in [1.29, 1.82) is 0 Å². The lowest BCUT2D eigenvalue weighted by atomic mass is 9.74.